The lowest BCUT2D eigenvalue weighted by atomic mass is 10.3. The van der Waals surface area contributed by atoms with Crippen LogP contribution < -0.4 is 5.32 Å². The third kappa shape index (κ3) is 6.74. The van der Waals surface area contributed by atoms with Gasteiger partial charge in [0.05, 0.1) is 5.69 Å². The molecule has 0 atom stereocenters. The average molecular weight is 255 g/mol. The number of nitrogens with zero attached hydrogens (tertiary/aromatic N) is 2. The van der Waals surface area contributed by atoms with E-state index in [0.717, 1.165) is 37.6 Å². The van der Waals surface area contributed by atoms with E-state index in [9.17, 15) is 0 Å². The molecule has 0 radical (unpaired) electrons. The minimum Gasteiger partial charge on any atom is -0.373 e. The molecule has 0 spiro atoms. The Morgan fingerprint density at radius 3 is 2.89 bits per heavy atom. The van der Waals surface area contributed by atoms with Crippen LogP contribution in [0.4, 0.5) is 0 Å². The first-order valence-electron chi connectivity index (χ1n) is 6.48. The Hall–Kier alpha value is -0.910. The molecule has 18 heavy (non-hydrogen) atoms. The van der Waals surface area contributed by atoms with Crippen LogP contribution in [0.1, 0.15) is 31.7 Å². The molecule has 0 amide bonds. The van der Waals surface area contributed by atoms with Crippen LogP contribution in [-0.2, 0) is 17.9 Å². The van der Waals surface area contributed by atoms with Gasteiger partial charge in [-0.15, -0.1) is 0 Å². The van der Waals surface area contributed by atoms with E-state index >= 15 is 0 Å². The highest BCUT2D eigenvalue weighted by Crippen LogP contribution is 2.05. The Balaban J connectivity index is 2.15. The van der Waals surface area contributed by atoms with Crippen LogP contribution in [0.15, 0.2) is 10.6 Å². The molecular formula is C13H25N3O2. The zero-order chi connectivity index (χ0) is 13.4. The van der Waals surface area contributed by atoms with Crippen LogP contribution in [0.25, 0.3) is 0 Å². The van der Waals surface area contributed by atoms with Crippen molar-refractivity contribution < 1.29 is 9.26 Å². The number of hydrogen-bond acceptors (Lipinski definition) is 5. The summed E-state index contributed by atoms with van der Waals surface area (Å²) in [5.41, 5.74) is 0.926. The number of aromatic nitrogens is 1. The fraction of sp³-hybridized carbons (Fsp3) is 0.769. The highest BCUT2D eigenvalue weighted by molar-refractivity contribution is 5.04. The topological polar surface area (TPSA) is 50.5 Å². The van der Waals surface area contributed by atoms with E-state index in [1.165, 1.54) is 0 Å². The predicted molar refractivity (Wildman–Crippen MR) is 71.3 cm³/mol. The molecule has 0 aliphatic heterocycles. The molecule has 104 valence electrons. The fourth-order valence-electron chi connectivity index (χ4n) is 1.47. The largest absolute Gasteiger partial charge is 0.373 e. The maximum atomic E-state index is 5.53. The SMILES string of the molecule is CC(C)NCc1cc(COCCCN(C)C)on1. The molecule has 0 aromatic carbocycles. The second-order valence-corrected chi connectivity index (χ2v) is 5.03. The molecule has 1 N–H and O–H groups in total. The van der Waals surface area contributed by atoms with Crippen molar-refractivity contribution in [2.45, 2.75) is 39.5 Å². The van der Waals surface area contributed by atoms with E-state index in [1.54, 1.807) is 0 Å². The molecule has 1 aromatic rings. The first-order chi connectivity index (χ1) is 8.58. The first-order valence-corrected chi connectivity index (χ1v) is 6.48. The zero-order valence-electron chi connectivity index (χ0n) is 11.9. The Morgan fingerprint density at radius 1 is 1.44 bits per heavy atom. The second kappa shape index (κ2) is 8.24. The van der Waals surface area contributed by atoms with Gasteiger partial charge in [0.2, 0.25) is 0 Å². The van der Waals surface area contributed by atoms with Gasteiger partial charge < -0.3 is 19.5 Å². The zero-order valence-corrected chi connectivity index (χ0v) is 11.9. The number of nitrogens with one attached hydrogen (secondary N) is 1. The maximum absolute atomic E-state index is 5.53. The summed E-state index contributed by atoms with van der Waals surface area (Å²) in [5.74, 6) is 0.792. The summed E-state index contributed by atoms with van der Waals surface area (Å²) in [6, 6.07) is 2.40. The molecule has 0 saturated heterocycles. The van der Waals surface area contributed by atoms with Gasteiger partial charge in [-0.2, -0.15) is 0 Å². The molecule has 5 nitrogen and oxygen atoms in total. The van der Waals surface area contributed by atoms with E-state index in [-0.39, 0.29) is 0 Å². The van der Waals surface area contributed by atoms with Crippen molar-refractivity contribution in [3.05, 3.63) is 17.5 Å². The van der Waals surface area contributed by atoms with Crippen LogP contribution in [-0.4, -0.2) is 43.3 Å². The number of hydrogen-bond donors (Lipinski definition) is 1. The van der Waals surface area contributed by atoms with Gasteiger partial charge >= 0.3 is 0 Å². The van der Waals surface area contributed by atoms with Crippen molar-refractivity contribution >= 4 is 0 Å². The monoisotopic (exact) mass is 255 g/mol. The molecule has 1 rings (SSSR count). The molecule has 0 fully saturated rings. The molecule has 1 heterocycles. The van der Waals surface area contributed by atoms with Gasteiger partial charge in [0.1, 0.15) is 6.61 Å². The van der Waals surface area contributed by atoms with E-state index in [0.29, 0.717) is 12.6 Å². The number of rotatable bonds is 9. The smallest absolute Gasteiger partial charge is 0.162 e. The first kappa shape index (κ1) is 15.1. The van der Waals surface area contributed by atoms with Crippen molar-refractivity contribution in [3.63, 3.8) is 0 Å². The van der Waals surface area contributed by atoms with E-state index in [4.69, 9.17) is 9.26 Å². The maximum Gasteiger partial charge on any atom is 0.162 e. The van der Waals surface area contributed by atoms with Gasteiger partial charge in [0.25, 0.3) is 0 Å². The van der Waals surface area contributed by atoms with Crippen LogP contribution >= 0.6 is 0 Å². The van der Waals surface area contributed by atoms with E-state index in [2.05, 4.69) is 43.3 Å². The predicted octanol–water partition coefficient (Wildman–Crippen LogP) is 1.64. The lowest BCUT2D eigenvalue weighted by Gasteiger charge is -2.08. The van der Waals surface area contributed by atoms with Gasteiger partial charge in [-0.3, -0.25) is 0 Å². The Bertz CT molecular complexity index is 324. The highest BCUT2D eigenvalue weighted by atomic mass is 16.5. The number of ether oxygens (including phenoxy) is 1. The fourth-order valence-corrected chi connectivity index (χ4v) is 1.47. The molecule has 0 unspecified atom stereocenters. The molecular weight excluding hydrogens is 230 g/mol. The average Bonchev–Trinajstić information content (AvgIpc) is 2.73. The van der Waals surface area contributed by atoms with Crippen LogP contribution in [0, 0.1) is 0 Å². The third-order valence-corrected chi connectivity index (χ3v) is 2.44. The normalized spacial score (nSPS) is 11.7. The van der Waals surface area contributed by atoms with Crippen LogP contribution in [0.5, 0.6) is 0 Å². The van der Waals surface area contributed by atoms with Gasteiger partial charge in [-0.25, -0.2) is 0 Å². The molecule has 0 aliphatic rings. The molecule has 0 saturated carbocycles. The van der Waals surface area contributed by atoms with Gasteiger partial charge in [0, 0.05) is 25.3 Å². The quantitative estimate of drug-likeness (QED) is 0.680. The standard InChI is InChI=1S/C13H25N3O2/c1-11(2)14-9-12-8-13(18-15-12)10-17-7-5-6-16(3)4/h8,11,14H,5-7,9-10H2,1-4H3. The third-order valence-electron chi connectivity index (χ3n) is 2.44. The second-order valence-electron chi connectivity index (χ2n) is 5.03. The van der Waals surface area contributed by atoms with Gasteiger partial charge in [0.15, 0.2) is 5.76 Å². The summed E-state index contributed by atoms with van der Waals surface area (Å²) in [7, 11) is 4.12. The summed E-state index contributed by atoms with van der Waals surface area (Å²) >= 11 is 0. The molecule has 1 aromatic heterocycles. The van der Waals surface area contributed by atoms with E-state index in [1.807, 2.05) is 6.07 Å². The Labute approximate surface area is 109 Å². The summed E-state index contributed by atoms with van der Waals surface area (Å²) in [6.07, 6.45) is 1.03. The van der Waals surface area contributed by atoms with Crippen LogP contribution in [0.3, 0.4) is 0 Å². The Morgan fingerprint density at radius 2 is 2.22 bits per heavy atom. The van der Waals surface area contributed by atoms with Crippen molar-refractivity contribution in [2.75, 3.05) is 27.2 Å². The summed E-state index contributed by atoms with van der Waals surface area (Å²) in [4.78, 5) is 2.15. The summed E-state index contributed by atoms with van der Waals surface area (Å²) in [5, 5.41) is 7.28. The van der Waals surface area contributed by atoms with Crippen LogP contribution in [0.2, 0.25) is 0 Å². The molecule has 5 heteroatoms. The van der Waals surface area contributed by atoms with E-state index < -0.39 is 0 Å². The van der Waals surface area contributed by atoms with Crippen molar-refractivity contribution in [1.82, 2.24) is 15.4 Å². The van der Waals surface area contributed by atoms with Crippen molar-refractivity contribution in [2.24, 2.45) is 0 Å². The summed E-state index contributed by atoms with van der Waals surface area (Å²) < 4.78 is 10.7. The Kier molecular flexibility index (Phi) is 6.93. The summed E-state index contributed by atoms with van der Waals surface area (Å²) in [6.45, 7) is 7.24. The highest BCUT2D eigenvalue weighted by Gasteiger charge is 2.04. The molecule has 0 bridgehead atoms. The molecule has 0 aliphatic carbocycles. The lowest BCUT2D eigenvalue weighted by Crippen LogP contribution is -2.21. The lowest BCUT2D eigenvalue weighted by molar-refractivity contribution is 0.0948. The van der Waals surface area contributed by atoms with Gasteiger partial charge in [-0.1, -0.05) is 19.0 Å². The van der Waals surface area contributed by atoms with Gasteiger partial charge in [-0.05, 0) is 27.1 Å². The van der Waals surface area contributed by atoms with Crippen molar-refractivity contribution in [3.8, 4) is 0 Å². The minimum absolute atomic E-state index is 0.451. The van der Waals surface area contributed by atoms with Crippen molar-refractivity contribution in [1.29, 1.82) is 0 Å². The minimum atomic E-state index is 0.451.